The number of ether oxygens (including phenoxy) is 1. The molecule has 0 amide bonds. The Morgan fingerprint density at radius 1 is 0.970 bits per heavy atom. The first kappa shape index (κ1) is 20.4. The number of aryl methyl sites for hydroxylation is 1. The van der Waals surface area contributed by atoms with Crippen molar-refractivity contribution in [1.82, 2.24) is 19.4 Å². The molecule has 0 saturated carbocycles. The second-order valence-electron chi connectivity index (χ2n) is 7.61. The number of benzene rings is 3. The van der Waals surface area contributed by atoms with Crippen LogP contribution in [0.5, 0.6) is 5.75 Å². The van der Waals surface area contributed by atoms with Crippen LogP contribution in [0.3, 0.4) is 0 Å². The average Bonchev–Trinajstić information content (AvgIpc) is 3.30. The lowest BCUT2D eigenvalue weighted by atomic mass is 10.2. The molecule has 7 heteroatoms. The van der Waals surface area contributed by atoms with E-state index in [0.717, 1.165) is 22.6 Å². The Bertz CT molecular complexity index is 1470. The second-order valence-corrected chi connectivity index (χ2v) is 7.61. The van der Waals surface area contributed by atoms with Gasteiger partial charge in [0.2, 0.25) is 0 Å². The van der Waals surface area contributed by atoms with E-state index in [2.05, 4.69) is 46.4 Å². The first-order valence-corrected chi connectivity index (χ1v) is 10.5. The van der Waals surface area contributed by atoms with Crippen LogP contribution in [0.1, 0.15) is 16.7 Å². The lowest BCUT2D eigenvalue weighted by Crippen LogP contribution is -2.17. The molecule has 5 rings (SSSR count). The highest BCUT2D eigenvalue weighted by Crippen LogP contribution is 2.15. The van der Waals surface area contributed by atoms with Gasteiger partial charge in [-0.25, -0.2) is 9.67 Å². The molecule has 7 nitrogen and oxygen atoms in total. The van der Waals surface area contributed by atoms with Crippen molar-refractivity contribution >= 4 is 17.2 Å². The Balaban J connectivity index is 1.30. The first-order chi connectivity index (χ1) is 16.2. The molecular weight excluding hydrogens is 414 g/mol. The number of fused-ring (bicyclic) bond motifs is 1. The van der Waals surface area contributed by atoms with Crippen LogP contribution < -0.4 is 10.3 Å². The number of hydrogen-bond donors (Lipinski definition) is 0. The Kier molecular flexibility index (Phi) is 5.51. The minimum Gasteiger partial charge on any atom is -0.489 e. The summed E-state index contributed by atoms with van der Waals surface area (Å²) in [4.78, 5) is 17.2. The van der Waals surface area contributed by atoms with E-state index in [9.17, 15) is 4.79 Å². The van der Waals surface area contributed by atoms with Crippen LogP contribution in [0.2, 0.25) is 0 Å². The topological polar surface area (TPSA) is 74.3 Å². The minimum atomic E-state index is -0.281. The number of hydrogen-bond acceptors (Lipinski definition) is 5. The molecule has 3 aromatic carbocycles. The van der Waals surface area contributed by atoms with Gasteiger partial charge in [-0.05, 0) is 54.4 Å². The summed E-state index contributed by atoms with van der Waals surface area (Å²) in [6, 6.07) is 25.3. The Morgan fingerprint density at radius 3 is 2.48 bits per heavy atom. The zero-order chi connectivity index (χ0) is 22.6. The number of nitrogens with zero attached hydrogens (tertiary/aromatic N) is 5. The fraction of sp³-hybridized carbons (Fsp3) is 0.0769. The van der Waals surface area contributed by atoms with Crippen LogP contribution in [-0.2, 0) is 6.61 Å². The number of para-hydroxylation sites is 1. The Labute approximate surface area is 190 Å². The van der Waals surface area contributed by atoms with Gasteiger partial charge in [0.25, 0.3) is 5.56 Å². The third kappa shape index (κ3) is 4.43. The van der Waals surface area contributed by atoms with Crippen molar-refractivity contribution < 1.29 is 4.74 Å². The SMILES string of the molecule is Cc1ccc(COc2ccc(/C=N/n3cnc4c(cnn4-c4ccccc4)c3=O)cc2)cc1. The molecule has 0 aliphatic rings. The summed E-state index contributed by atoms with van der Waals surface area (Å²) < 4.78 is 8.69. The fourth-order valence-electron chi connectivity index (χ4n) is 3.37. The molecule has 0 aliphatic heterocycles. The normalized spacial score (nSPS) is 11.3. The molecule has 2 aromatic heterocycles. The lowest BCUT2D eigenvalue weighted by Gasteiger charge is -2.07. The molecule has 162 valence electrons. The van der Waals surface area contributed by atoms with E-state index in [1.807, 2.05) is 54.6 Å². The molecule has 5 aromatic rings. The van der Waals surface area contributed by atoms with Gasteiger partial charge in [-0.15, -0.1) is 0 Å². The molecule has 0 saturated heterocycles. The first-order valence-electron chi connectivity index (χ1n) is 10.5. The molecule has 0 bridgehead atoms. The van der Waals surface area contributed by atoms with E-state index in [4.69, 9.17) is 4.74 Å². The van der Waals surface area contributed by atoms with E-state index in [-0.39, 0.29) is 5.56 Å². The standard InChI is InChI=1S/C26H21N5O2/c1-19-7-9-21(10-8-19)17-33-23-13-11-20(12-14-23)15-28-30-18-27-25-24(26(30)32)16-29-31(25)22-5-3-2-4-6-22/h2-16,18H,17H2,1H3/b28-15+. The average molecular weight is 435 g/mol. The van der Waals surface area contributed by atoms with Crippen LogP contribution in [-0.4, -0.2) is 25.7 Å². The van der Waals surface area contributed by atoms with Gasteiger partial charge in [-0.3, -0.25) is 4.79 Å². The van der Waals surface area contributed by atoms with E-state index < -0.39 is 0 Å². The van der Waals surface area contributed by atoms with Crippen LogP contribution >= 0.6 is 0 Å². The van der Waals surface area contributed by atoms with Gasteiger partial charge in [-0.2, -0.15) is 14.9 Å². The van der Waals surface area contributed by atoms with E-state index in [1.54, 1.807) is 10.9 Å². The van der Waals surface area contributed by atoms with E-state index >= 15 is 0 Å². The smallest absolute Gasteiger partial charge is 0.285 e. The van der Waals surface area contributed by atoms with Crippen LogP contribution in [0.25, 0.3) is 16.7 Å². The van der Waals surface area contributed by atoms with Crippen LogP contribution in [0.15, 0.2) is 101 Å². The summed E-state index contributed by atoms with van der Waals surface area (Å²) in [6.07, 6.45) is 4.53. The fourth-order valence-corrected chi connectivity index (χ4v) is 3.37. The third-order valence-electron chi connectivity index (χ3n) is 5.21. The maximum Gasteiger partial charge on any atom is 0.285 e. The van der Waals surface area contributed by atoms with Crippen molar-refractivity contribution in [3.8, 4) is 11.4 Å². The van der Waals surface area contributed by atoms with Crippen LogP contribution in [0, 0.1) is 6.92 Å². The molecular formula is C26H21N5O2. The summed E-state index contributed by atoms with van der Waals surface area (Å²) in [7, 11) is 0. The van der Waals surface area contributed by atoms with Crippen LogP contribution in [0.4, 0.5) is 0 Å². The maximum absolute atomic E-state index is 12.8. The predicted octanol–water partition coefficient (Wildman–Crippen LogP) is 4.35. The van der Waals surface area contributed by atoms with Crippen molar-refractivity contribution in [3.05, 3.63) is 118 Å². The zero-order valence-corrected chi connectivity index (χ0v) is 18.0. The highest BCUT2D eigenvalue weighted by atomic mass is 16.5. The number of aromatic nitrogens is 4. The minimum absolute atomic E-state index is 0.281. The summed E-state index contributed by atoms with van der Waals surface area (Å²) in [5, 5.41) is 8.99. The van der Waals surface area contributed by atoms with Crippen molar-refractivity contribution in [3.63, 3.8) is 0 Å². The third-order valence-corrected chi connectivity index (χ3v) is 5.21. The summed E-state index contributed by atoms with van der Waals surface area (Å²) in [6.45, 7) is 2.57. The number of rotatable bonds is 6. The van der Waals surface area contributed by atoms with Crippen molar-refractivity contribution in [2.45, 2.75) is 13.5 Å². The maximum atomic E-state index is 12.8. The largest absolute Gasteiger partial charge is 0.489 e. The summed E-state index contributed by atoms with van der Waals surface area (Å²) in [5.74, 6) is 0.765. The molecule has 0 atom stereocenters. The van der Waals surface area contributed by atoms with E-state index in [0.29, 0.717) is 17.6 Å². The molecule has 33 heavy (non-hydrogen) atoms. The molecule has 0 unspecified atom stereocenters. The highest BCUT2D eigenvalue weighted by Gasteiger charge is 2.10. The molecule has 0 radical (unpaired) electrons. The van der Waals surface area contributed by atoms with Crippen molar-refractivity contribution in [1.29, 1.82) is 0 Å². The molecule has 0 fully saturated rings. The molecule has 0 aliphatic carbocycles. The van der Waals surface area contributed by atoms with Gasteiger partial charge in [-0.1, -0.05) is 48.0 Å². The zero-order valence-electron chi connectivity index (χ0n) is 18.0. The van der Waals surface area contributed by atoms with Gasteiger partial charge in [0.15, 0.2) is 5.65 Å². The highest BCUT2D eigenvalue weighted by molar-refractivity contribution is 5.80. The van der Waals surface area contributed by atoms with Crippen molar-refractivity contribution in [2.24, 2.45) is 5.10 Å². The summed E-state index contributed by atoms with van der Waals surface area (Å²) >= 11 is 0. The monoisotopic (exact) mass is 435 g/mol. The van der Waals surface area contributed by atoms with Gasteiger partial charge >= 0.3 is 0 Å². The quantitative estimate of drug-likeness (QED) is 0.372. The molecule has 2 heterocycles. The lowest BCUT2D eigenvalue weighted by molar-refractivity contribution is 0.306. The van der Waals surface area contributed by atoms with E-state index in [1.165, 1.54) is 22.8 Å². The van der Waals surface area contributed by atoms with Gasteiger partial charge in [0.05, 0.1) is 18.1 Å². The van der Waals surface area contributed by atoms with Crippen molar-refractivity contribution in [2.75, 3.05) is 0 Å². The predicted molar refractivity (Wildman–Crippen MR) is 128 cm³/mol. The molecule has 0 spiro atoms. The van der Waals surface area contributed by atoms with Gasteiger partial charge in [0, 0.05) is 0 Å². The second kappa shape index (κ2) is 8.92. The Hall–Kier alpha value is -4.52. The van der Waals surface area contributed by atoms with Gasteiger partial charge < -0.3 is 4.74 Å². The Morgan fingerprint density at radius 2 is 1.73 bits per heavy atom. The van der Waals surface area contributed by atoms with Gasteiger partial charge in [0.1, 0.15) is 24.1 Å². The summed E-state index contributed by atoms with van der Waals surface area (Å²) in [5.41, 5.74) is 4.23. The molecule has 0 N–H and O–H groups in total.